The van der Waals surface area contributed by atoms with Crippen molar-refractivity contribution in [3.63, 3.8) is 0 Å². The summed E-state index contributed by atoms with van der Waals surface area (Å²) in [7, 11) is 1.67. The van der Waals surface area contributed by atoms with Gasteiger partial charge in [0.2, 0.25) is 17.5 Å². The van der Waals surface area contributed by atoms with Crippen LogP contribution >= 0.6 is 11.3 Å². The topological polar surface area (TPSA) is 96.2 Å². The normalized spacial score (nSPS) is 13.5. The van der Waals surface area contributed by atoms with Crippen LogP contribution in [0.5, 0.6) is 5.75 Å². The van der Waals surface area contributed by atoms with Crippen molar-refractivity contribution in [2.75, 3.05) is 43.1 Å². The SMILES string of the molecule is COc1ccc(-n2cc(-c3ccccc3)c3c(N4CCN(c5oc(-c6cccs6)nc5C#N)CC4)ncnc32)cc1. The Balaban J connectivity index is 1.24. The predicted molar refractivity (Wildman–Crippen MR) is 160 cm³/mol. The predicted octanol–water partition coefficient (Wildman–Crippen LogP) is 6.01. The Morgan fingerprint density at radius 1 is 0.927 bits per heavy atom. The van der Waals surface area contributed by atoms with Crippen LogP contribution in [0.15, 0.2) is 89.1 Å². The van der Waals surface area contributed by atoms with Crippen molar-refractivity contribution in [3.05, 3.63) is 90.3 Å². The number of thiophene rings is 1. The second-order valence-corrected chi connectivity index (χ2v) is 10.6. The van der Waals surface area contributed by atoms with Crippen LogP contribution in [-0.4, -0.2) is 52.8 Å². The van der Waals surface area contributed by atoms with E-state index in [4.69, 9.17) is 19.1 Å². The van der Waals surface area contributed by atoms with Crippen LogP contribution in [-0.2, 0) is 0 Å². The van der Waals surface area contributed by atoms with E-state index in [0.29, 0.717) is 43.6 Å². The molecule has 5 heterocycles. The highest BCUT2D eigenvalue weighted by molar-refractivity contribution is 7.13. The zero-order chi connectivity index (χ0) is 27.8. The van der Waals surface area contributed by atoms with Crippen molar-refractivity contribution in [1.82, 2.24) is 19.5 Å². The van der Waals surface area contributed by atoms with E-state index in [1.807, 2.05) is 60.0 Å². The highest BCUT2D eigenvalue weighted by Gasteiger charge is 2.28. The molecular formula is C31H25N7O2S. The molecule has 9 nitrogen and oxygen atoms in total. The molecule has 1 saturated heterocycles. The largest absolute Gasteiger partial charge is 0.497 e. The number of fused-ring (bicyclic) bond motifs is 1. The van der Waals surface area contributed by atoms with Crippen LogP contribution < -0.4 is 14.5 Å². The maximum atomic E-state index is 9.74. The van der Waals surface area contributed by atoms with E-state index in [-0.39, 0.29) is 0 Å². The summed E-state index contributed by atoms with van der Waals surface area (Å²) in [5, 5.41) is 12.7. The Bertz CT molecular complexity index is 1850. The Morgan fingerprint density at radius 2 is 1.71 bits per heavy atom. The molecule has 41 heavy (non-hydrogen) atoms. The number of anilines is 2. The Morgan fingerprint density at radius 3 is 2.41 bits per heavy atom. The maximum absolute atomic E-state index is 9.74. The quantitative estimate of drug-likeness (QED) is 0.245. The van der Waals surface area contributed by atoms with Gasteiger partial charge >= 0.3 is 0 Å². The Hall–Kier alpha value is -5.14. The van der Waals surface area contributed by atoms with Crippen LogP contribution in [0.1, 0.15) is 5.69 Å². The molecule has 4 aromatic heterocycles. The summed E-state index contributed by atoms with van der Waals surface area (Å²) < 4.78 is 13.6. The number of nitriles is 1. The summed E-state index contributed by atoms with van der Waals surface area (Å²) in [6, 6.07) is 24.4. The van der Waals surface area contributed by atoms with E-state index >= 15 is 0 Å². The van der Waals surface area contributed by atoms with Crippen molar-refractivity contribution in [2.24, 2.45) is 0 Å². The first-order valence-electron chi connectivity index (χ1n) is 13.2. The summed E-state index contributed by atoms with van der Waals surface area (Å²) in [5.41, 5.74) is 4.31. The lowest BCUT2D eigenvalue weighted by Crippen LogP contribution is -2.47. The van der Waals surface area contributed by atoms with Gasteiger partial charge in [-0.15, -0.1) is 11.3 Å². The number of ether oxygens (including phenoxy) is 1. The van der Waals surface area contributed by atoms with Gasteiger partial charge in [-0.25, -0.2) is 9.97 Å². The van der Waals surface area contributed by atoms with Gasteiger partial charge in [-0.3, -0.25) is 0 Å². The van der Waals surface area contributed by atoms with Gasteiger partial charge in [-0.1, -0.05) is 36.4 Å². The molecule has 6 aromatic rings. The van der Waals surface area contributed by atoms with Crippen molar-refractivity contribution in [1.29, 1.82) is 5.26 Å². The van der Waals surface area contributed by atoms with Crippen molar-refractivity contribution in [2.45, 2.75) is 0 Å². The molecule has 7 rings (SSSR count). The molecule has 1 aliphatic heterocycles. The summed E-state index contributed by atoms with van der Waals surface area (Å²) in [6.45, 7) is 2.74. The second-order valence-electron chi connectivity index (χ2n) is 9.61. The van der Waals surface area contributed by atoms with Gasteiger partial charge in [-0.05, 0) is 41.3 Å². The number of hydrogen-bond donors (Lipinski definition) is 0. The average Bonchev–Trinajstić information content (AvgIpc) is 3.80. The number of benzene rings is 2. The van der Waals surface area contributed by atoms with E-state index in [9.17, 15) is 5.26 Å². The molecular weight excluding hydrogens is 534 g/mol. The van der Waals surface area contributed by atoms with E-state index in [2.05, 4.69) is 43.7 Å². The summed E-state index contributed by atoms with van der Waals surface area (Å²) in [4.78, 5) is 19.3. The van der Waals surface area contributed by atoms with Crippen LogP contribution in [0.3, 0.4) is 0 Å². The van der Waals surface area contributed by atoms with Crippen LogP contribution in [0.25, 0.3) is 38.6 Å². The molecule has 2 aromatic carbocycles. The first kappa shape index (κ1) is 24.9. The van der Waals surface area contributed by atoms with Gasteiger partial charge in [0.15, 0.2) is 5.65 Å². The summed E-state index contributed by atoms with van der Waals surface area (Å²) >= 11 is 1.54. The minimum Gasteiger partial charge on any atom is -0.497 e. The molecule has 0 N–H and O–H groups in total. The maximum Gasteiger partial charge on any atom is 0.240 e. The van der Waals surface area contributed by atoms with E-state index < -0.39 is 0 Å². The van der Waals surface area contributed by atoms with Gasteiger partial charge in [0, 0.05) is 43.6 Å². The van der Waals surface area contributed by atoms with Crippen LogP contribution in [0, 0.1) is 11.3 Å². The number of hydrogen-bond acceptors (Lipinski definition) is 9. The monoisotopic (exact) mass is 559 g/mol. The standard InChI is InChI=1S/C31H25N7O2S/c1-39-23-11-9-22(10-12-23)38-19-24(21-6-3-2-4-7-21)27-28(33-20-34-29(27)38)36-13-15-37(16-14-36)31-25(18-32)35-30(40-31)26-8-5-17-41-26/h2-12,17,19-20H,13-16H2,1H3. The fourth-order valence-electron chi connectivity index (χ4n) is 5.29. The minimum absolute atomic E-state index is 0.314. The Kier molecular flexibility index (Phi) is 6.34. The average molecular weight is 560 g/mol. The smallest absolute Gasteiger partial charge is 0.240 e. The second kappa shape index (κ2) is 10.4. The molecule has 10 heteroatoms. The first-order valence-corrected chi connectivity index (χ1v) is 14.1. The van der Waals surface area contributed by atoms with Crippen LogP contribution in [0.4, 0.5) is 11.7 Å². The third-order valence-electron chi connectivity index (χ3n) is 7.31. The fraction of sp³-hybridized carbons (Fsp3) is 0.161. The number of oxazole rings is 1. The third kappa shape index (κ3) is 4.46. The van der Waals surface area contributed by atoms with Crippen LogP contribution in [0.2, 0.25) is 0 Å². The number of nitrogens with zero attached hydrogens (tertiary/aromatic N) is 7. The highest BCUT2D eigenvalue weighted by Crippen LogP contribution is 2.38. The first-order chi connectivity index (χ1) is 20.2. The summed E-state index contributed by atoms with van der Waals surface area (Å²) in [6.07, 6.45) is 3.77. The lowest BCUT2D eigenvalue weighted by Gasteiger charge is -2.35. The summed E-state index contributed by atoms with van der Waals surface area (Å²) in [5.74, 6) is 2.70. The molecule has 0 bridgehead atoms. The lowest BCUT2D eigenvalue weighted by atomic mass is 10.1. The van der Waals surface area contributed by atoms with Gasteiger partial charge in [0.05, 0.1) is 17.4 Å². The molecule has 0 spiro atoms. The van der Waals surface area contributed by atoms with E-state index in [1.165, 1.54) is 0 Å². The van der Waals surface area contributed by atoms with Gasteiger partial charge in [0.1, 0.15) is 24.0 Å². The third-order valence-corrected chi connectivity index (χ3v) is 8.17. The number of methoxy groups -OCH3 is 1. The molecule has 0 saturated carbocycles. The lowest BCUT2D eigenvalue weighted by molar-refractivity contribution is 0.415. The highest BCUT2D eigenvalue weighted by atomic mass is 32.1. The molecule has 1 fully saturated rings. The zero-order valence-corrected chi connectivity index (χ0v) is 23.1. The van der Waals surface area contributed by atoms with Gasteiger partial charge in [0.25, 0.3) is 0 Å². The van der Waals surface area contributed by atoms with Crippen molar-refractivity contribution < 1.29 is 9.15 Å². The van der Waals surface area contributed by atoms with E-state index in [1.54, 1.807) is 24.8 Å². The molecule has 0 amide bonds. The molecule has 1 aliphatic rings. The molecule has 0 atom stereocenters. The molecule has 202 valence electrons. The van der Waals surface area contributed by atoms with Gasteiger partial charge in [-0.2, -0.15) is 10.2 Å². The number of aromatic nitrogens is 4. The minimum atomic E-state index is 0.314. The Labute approximate surface area is 240 Å². The van der Waals surface area contributed by atoms with Crippen molar-refractivity contribution in [3.8, 4) is 39.4 Å². The van der Waals surface area contributed by atoms with Crippen molar-refractivity contribution >= 4 is 34.1 Å². The number of piperazine rings is 1. The van der Waals surface area contributed by atoms with E-state index in [0.717, 1.165) is 44.3 Å². The number of rotatable bonds is 6. The van der Waals surface area contributed by atoms with Gasteiger partial charge < -0.3 is 23.5 Å². The molecule has 0 unspecified atom stereocenters. The molecule has 0 radical (unpaired) electrons. The zero-order valence-electron chi connectivity index (χ0n) is 22.3. The molecule has 0 aliphatic carbocycles. The fourth-order valence-corrected chi connectivity index (χ4v) is 5.94.